The van der Waals surface area contributed by atoms with E-state index in [1.165, 1.54) is 6.07 Å². The van der Waals surface area contributed by atoms with Gasteiger partial charge in [-0.15, -0.1) is 0 Å². The minimum absolute atomic E-state index is 0.0186. The Hall–Kier alpha value is -3.22. The fourth-order valence-electron chi connectivity index (χ4n) is 2.31. The topological polar surface area (TPSA) is 97.7 Å². The van der Waals surface area contributed by atoms with Gasteiger partial charge in [0, 0.05) is 6.07 Å². The average Bonchev–Trinajstić information content (AvgIpc) is 3.09. The molecule has 0 atom stereocenters. The Labute approximate surface area is 131 Å². The zero-order chi connectivity index (χ0) is 16.6. The van der Waals surface area contributed by atoms with Gasteiger partial charge in [0.25, 0.3) is 11.6 Å². The highest BCUT2D eigenvalue weighted by molar-refractivity contribution is 6.26. The van der Waals surface area contributed by atoms with Crippen molar-refractivity contribution in [1.82, 2.24) is 5.43 Å². The van der Waals surface area contributed by atoms with Crippen molar-refractivity contribution >= 4 is 23.4 Å². The number of hydrogen-bond acceptors (Lipinski definition) is 5. The number of nitrogens with zero attached hydrogens (tertiary/aromatic N) is 2. The fourth-order valence-corrected chi connectivity index (χ4v) is 2.31. The van der Waals surface area contributed by atoms with Crippen LogP contribution >= 0.6 is 0 Å². The summed E-state index contributed by atoms with van der Waals surface area (Å²) < 4.78 is 5.64. The zero-order valence-corrected chi connectivity index (χ0v) is 12.5. The van der Waals surface area contributed by atoms with Crippen LogP contribution in [-0.2, 0) is 4.79 Å². The van der Waals surface area contributed by atoms with Crippen molar-refractivity contribution in [2.45, 2.75) is 13.8 Å². The number of nitro benzene ring substituents is 1. The lowest BCUT2D eigenvalue weighted by Gasteiger charge is -2.01. The zero-order valence-electron chi connectivity index (χ0n) is 12.5. The SMILES string of the molecule is CC1=NNC(=O)C1=Cc1ccc(-c2ccc(C)cc2[N+](=O)[O-])o1. The third-order valence-corrected chi connectivity index (χ3v) is 3.49. The highest BCUT2D eigenvalue weighted by atomic mass is 16.6. The lowest BCUT2D eigenvalue weighted by molar-refractivity contribution is -0.384. The molecule has 0 saturated heterocycles. The van der Waals surface area contributed by atoms with E-state index in [-0.39, 0.29) is 11.6 Å². The van der Waals surface area contributed by atoms with Gasteiger partial charge in [0.2, 0.25) is 0 Å². The van der Waals surface area contributed by atoms with E-state index in [2.05, 4.69) is 10.5 Å². The first-order chi connectivity index (χ1) is 11.0. The summed E-state index contributed by atoms with van der Waals surface area (Å²) >= 11 is 0. The highest BCUT2D eigenvalue weighted by Gasteiger charge is 2.21. The maximum atomic E-state index is 11.6. The molecule has 3 rings (SSSR count). The molecule has 1 N–H and O–H groups in total. The van der Waals surface area contributed by atoms with Gasteiger partial charge >= 0.3 is 0 Å². The van der Waals surface area contributed by atoms with Crippen molar-refractivity contribution in [3.63, 3.8) is 0 Å². The van der Waals surface area contributed by atoms with Crippen molar-refractivity contribution < 1.29 is 14.1 Å². The number of benzene rings is 1. The number of nitrogens with one attached hydrogen (secondary N) is 1. The second-order valence-electron chi connectivity index (χ2n) is 5.18. The van der Waals surface area contributed by atoms with E-state index in [1.807, 2.05) is 0 Å². The van der Waals surface area contributed by atoms with Crippen LogP contribution in [0.15, 0.2) is 45.4 Å². The van der Waals surface area contributed by atoms with Gasteiger partial charge in [-0.1, -0.05) is 6.07 Å². The number of carbonyl (C=O) groups is 1. The first kappa shape index (κ1) is 14.7. The fraction of sp³-hybridized carbons (Fsp3) is 0.125. The Morgan fingerprint density at radius 1 is 1.26 bits per heavy atom. The van der Waals surface area contributed by atoms with Crippen LogP contribution in [0.1, 0.15) is 18.2 Å². The Balaban J connectivity index is 2.01. The van der Waals surface area contributed by atoms with Gasteiger partial charge in [0.05, 0.1) is 21.8 Å². The van der Waals surface area contributed by atoms with Crippen LogP contribution in [0.25, 0.3) is 17.4 Å². The summed E-state index contributed by atoms with van der Waals surface area (Å²) in [4.78, 5) is 22.4. The van der Waals surface area contributed by atoms with Crippen LogP contribution in [0.3, 0.4) is 0 Å². The van der Waals surface area contributed by atoms with Gasteiger partial charge in [0.15, 0.2) is 0 Å². The van der Waals surface area contributed by atoms with Crippen LogP contribution in [0.5, 0.6) is 0 Å². The maximum Gasteiger partial charge on any atom is 0.280 e. The molecule has 1 aliphatic heterocycles. The first-order valence-electron chi connectivity index (χ1n) is 6.87. The molecule has 0 bridgehead atoms. The van der Waals surface area contributed by atoms with Gasteiger partial charge in [-0.3, -0.25) is 14.9 Å². The summed E-state index contributed by atoms with van der Waals surface area (Å²) in [7, 11) is 0. The summed E-state index contributed by atoms with van der Waals surface area (Å²) in [6, 6.07) is 8.23. The molecule has 1 aromatic heterocycles. The van der Waals surface area contributed by atoms with Gasteiger partial charge < -0.3 is 4.42 Å². The predicted octanol–water partition coefficient (Wildman–Crippen LogP) is 3.05. The van der Waals surface area contributed by atoms with E-state index in [9.17, 15) is 14.9 Å². The number of amides is 1. The van der Waals surface area contributed by atoms with Crippen molar-refractivity contribution in [2.75, 3.05) is 0 Å². The Bertz CT molecular complexity index is 877. The van der Waals surface area contributed by atoms with Crippen LogP contribution in [0, 0.1) is 17.0 Å². The third-order valence-electron chi connectivity index (χ3n) is 3.49. The van der Waals surface area contributed by atoms with E-state index in [4.69, 9.17) is 4.42 Å². The molecule has 0 unspecified atom stereocenters. The number of furan rings is 1. The number of carbonyl (C=O) groups excluding carboxylic acids is 1. The van der Waals surface area contributed by atoms with E-state index in [0.717, 1.165) is 5.56 Å². The molecule has 7 heteroatoms. The third kappa shape index (κ3) is 2.76. The second-order valence-corrected chi connectivity index (χ2v) is 5.18. The number of rotatable bonds is 3. The molecule has 1 aromatic carbocycles. The van der Waals surface area contributed by atoms with Crippen LogP contribution in [0.2, 0.25) is 0 Å². The van der Waals surface area contributed by atoms with E-state index in [0.29, 0.717) is 28.4 Å². The number of nitro groups is 1. The van der Waals surface area contributed by atoms with Crippen LogP contribution in [-0.4, -0.2) is 16.5 Å². The Morgan fingerprint density at radius 3 is 2.70 bits per heavy atom. The minimum atomic E-state index is -0.440. The summed E-state index contributed by atoms with van der Waals surface area (Å²) in [5.74, 6) is 0.495. The number of hydrogen-bond donors (Lipinski definition) is 1. The molecule has 1 amide bonds. The smallest absolute Gasteiger partial charge is 0.280 e. The molecular weight excluding hydrogens is 298 g/mol. The molecule has 1 aliphatic rings. The molecule has 0 radical (unpaired) electrons. The Morgan fingerprint density at radius 2 is 2.04 bits per heavy atom. The summed E-state index contributed by atoms with van der Waals surface area (Å²) in [5, 5.41) is 15.0. The lowest BCUT2D eigenvalue weighted by Crippen LogP contribution is -2.12. The first-order valence-corrected chi connectivity index (χ1v) is 6.87. The maximum absolute atomic E-state index is 11.6. The highest BCUT2D eigenvalue weighted by Crippen LogP contribution is 2.32. The van der Waals surface area contributed by atoms with Crippen molar-refractivity contribution in [1.29, 1.82) is 0 Å². The van der Waals surface area contributed by atoms with Gasteiger partial charge in [-0.25, -0.2) is 5.43 Å². The quantitative estimate of drug-likeness (QED) is 0.535. The largest absolute Gasteiger partial charge is 0.456 e. The molecule has 0 aliphatic carbocycles. The molecule has 116 valence electrons. The van der Waals surface area contributed by atoms with Gasteiger partial charge in [-0.2, -0.15) is 5.10 Å². The van der Waals surface area contributed by atoms with Crippen molar-refractivity contribution in [3.05, 3.63) is 57.3 Å². The number of aryl methyl sites for hydroxylation is 1. The molecule has 2 aromatic rings. The van der Waals surface area contributed by atoms with E-state index >= 15 is 0 Å². The van der Waals surface area contributed by atoms with E-state index < -0.39 is 4.92 Å². The normalized spacial score (nSPS) is 15.7. The van der Waals surface area contributed by atoms with Crippen molar-refractivity contribution in [3.8, 4) is 11.3 Å². The molecule has 0 saturated carbocycles. The van der Waals surface area contributed by atoms with E-state index in [1.54, 1.807) is 44.2 Å². The predicted molar refractivity (Wildman–Crippen MR) is 84.8 cm³/mol. The minimum Gasteiger partial charge on any atom is -0.456 e. The average molecular weight is 311 g/mol. The summed E-state index contributed by atoms with van der Waals surface area (Å²) in [5.41, 5.74) is 4.50. The molecule has 23 heavy (non-hydrogen) atoms. The molecule has 0 spiro atoms. The van der Waals surface area contributed by atoms with Crippen LogP contribution < -0.4 is 5.43 Å². The standard InChI is InChI=1S/C16H13N3O4/c1-9-3-5-12(14(7-9)19(21)22)15-6-4-11(23-15)8-13-10(2)17-18-16(13)20/h3-8H,1-2H3,(H,18,20). The Kier molecular flexibility index (Phi) is 3.53. The summed E-state index contributed by atoms with van der Waals surface area (Å²) in [6.07, 6.45) is 1.56. The lowest BCUT2D eigenvalue weighted by atomic mass is 10.1. The molecule has 7 nitrogen and oxygen atoms in total. The van der Waals surface area contributed by atoms with Gasteiger partial charge in [0.1, 0.15) is 11.5 Å². The van der Waals surface area contributed by atoms with Gasteiger partial charge in [-0.05, 0) is 43.7 Å². The molecule has 0 fully saturated rings. The molecular formula is C16H13N3O4. The second kappa shape index (κ2) is 5.53. The van der Waals surface area contributed by atoms with Crippen LogP contribution in [0.4, 0.5) is 5.69 Å². The summed E-state index contributed by atoms with van der Waals surface area (Å²) in [6.45, 7) is 3.49. The molecule has 2 heterocycles. The number of hydrazone groups is 1. The monoisotopic (exact) mass is 311 g/mol. The van der Waals surface area contributed by atoms with Crippen molar-refractivity contribution in [2.24, 2.45) is 5.10 Å².